The Hall–Kier alpha value is -7.33. The first-order valence-corrected chi connectivity index (χ1v) is 27.8. The summed E-state index contributed by atoms with van der Waals surface area (Å²) in [5, 5.41) is 62.3. The maximum Gasteiger partial charge on any atom is 0.302 e. The highest BCUT2D eigenvalue weighted by atomic mass is 16.6. The lowest BCUT2D eigenvalue weighted by atomic mass is 9.51. The number of phenols is 3. The minimum absolute atomic E-state index is 0.0189. The van der Waals surface area contributed by atoms with Gasteiger partial charge in [0.25, 0.3) is 0 Å². The Bertz CT molecular complexity index is 3220. The zero-order chi connectivity index (χ0) is 53.7. The number of nitrogens with zero attached hydrogens (tertiary/aromatic N) is 3. The summed E-state index contributed by atoms with van der Waals surface area (Å²) in [6.45, 7) is 2.87. The predicted molar refractivity (Wildman–Crippen MR) is 292 cm³/mol. The molecule has 12 atom stereocenters. The number of hydrogen-bond donors (Lipinski definition) is 10. The zero-order valence-corrected chi connectivity index (χ0v) is 44.2. The van der Waals surface area contributed by atoms with E-state index in [-0.39, 0.29) is 47.4 Å². The molecule has 8 heterocycles. The highest BCUT2D eigenvalue weighted by Gasteiger charge is 2.69. The number of benzene rings is 2. The SMILES string of the molecule is CNC(O)C12CCc3c4cc[nH]c4cn3C1NC(=NCCCC1=CCNC(N)=C1)NC21CCCC2Oc3cc(ccc3O)CC3C(C#CC21)CCC1C(OC(C)=O)CC(c2cc(O)c(O)c(OCCc4cccnc4)c2)OC31. The Kier molecular flexibility index (Phi) is 13.9. The molecule has 18 heteroatoms. The average molecular weight is 1060 g/mol. The van der Waals surface area contributed by atoms with Gasteiger partial charge in [0.05, 0.1) is 47.0 Å². The number of carbonyl (C=O) groups excluding carboxylic acids is 1. The number of ether oxygens (including phenoxy) is 4. The molecule has 2 aliphatic carbocycles. The van der Waals surface area contributed by atoms with E-state index in [1.807, 2.05) is 43.6 Å². The number of nitrogens with one attached hydrogen (secondary N) is 5. The third-order valence-electron chi connectivity index (χ3n) is 18.0. The summed E-state index contributed by atoms with van der Waals surface area (Å²) in [6.07, 6.45) is 15.8. The quantitative estimate of drug-likeness (QED) is 0.0214. The number of allylic oxidation sites excluding steroid dienone is 2. The van der Waals surface area contributed by atoms with Crippen LogP contribution < -0.4 is 36.5 Å². The van der Waals surface area contributed by atoms with E-state index >= 15 is 0 Å². The third-order valence-corrected chi connectivity index (χ3v) is 18.0. The van der Waals surface area contributed by atoms with E-state index in [2.05, 4.69) is 66.0 Å². The van der Waals surface area contributed by atoms with Crippen LogP contribution in [-0.4, -0.2) is 104 Å². The highest BCUT2D eigenvalue weighted by Crippen LogP contribution is 2.60. The highest BCUT2D eigenvalue weighted by molar-refractivity contribution is 5.85. The number of aliphatic imine (C=N–C) groups is 1. The molecule has 2 saturated heterocycles. The van der Waals surface area contributed by atoms with Crippen LogP contribution >= 0.6 is 0 Å². The van der Waals surface area contributed by atoms with Crippen molar-refractivity contribution in [3.8, 4) is 40.6 Å². The number of fused-ring (bicyclic) bond motifs is 13. The number of esters is 1. The Morgan fingerprint density at radius 2 is 1.97 bits per heavy atom. The van der Waals surface area contributed by atoms with Crippen molar-refractivity contribution in [2.24, 2.45) is 39.8 Å². The molecule has 5 aromatic rings. The van der Waals surface area contributed by atoms with Gasteiger partial charge in [-0.1, -0.05) is 30.0 Å². The number of phenolic OH excluding ortho intramolecular Hbond substituents is 3. The molecule has 3 aromatic heterocycles. The molecule has 12 unspecified atom stereocenters. The number of H-pyrrole nitrogens is 1. The van der Waals surface area contributed by atoms with E-state index in [1.165, 1.54) is 24.3 Å². The molecule has 2 bridgehead atoms. The molecule has 4 fully saturated rings. The lowest BCUT2D eigenvalue weighted by Gasteiger charge is -2.65. The number of carbonyl (C=O) groups is 1. The van der Waals surface area contributed by atoms with Gasteiger partial charge in [-0.25, -0.2) is 0 Å². The number of dihydropyridines is 1. The van der Waals surface area contributed by atoms with Crippen LogP contribution in [0.3, 0.4) is 0 Å². The molecule has 11 N–H and O–H groups in total. The molecule has 2 saturated carbocycles. The van der Waals surface area contributed by atoms with Gasteiger partial charge < -0.3 is 70.6 Å². The van der Waals surface area contributed by atoms with Gasteiger partial charge in [0.2, 0.25) is 5.75 Å². The second-order valence-electron chi connectivity index (χ2n) is 22.4. The van der Waals surface area contributed by atoms with Crippen LogP contribution in [0.25, 0.3) is 10.9 Å². The Balaban J connectivity index is 0.939. The fourth-order valence-corrected chi connectivity index (χ4v) is 14.5. The normalized spacial score (nSPS) is 30.8. The average Bonchev–Trinajstić information content (AvgIpc) is 4.19. The first kappa shape index (κ1) is 51.4. The Morgan fingerprint density at radius 1 is 1.08 bits per heavy atom. The molecular formula is C60H71N9O9. The molecule has 12 rings (SSSR count). The van der Waals surface area contributed by atoms with Crippen LogP contribution in [0.15, 0.2) is 102 Å². The first-order chi connectivity index (χ1) is 37.9. The molecule has 410 valence electrons. The van der Waals surface area contributed by atoms with Gasteiger partial charge in [0.15, 0.2) is 29.0 Å². The molecule has 0 radical (unpaired) electrons. The van der Waals surface area contributed by atoms with Gasteiger partial charge >= 0.3 is 5.97 Å². The van der Waals surface area contributed by atoms with Gasteiger partial charge in [0.1, 0.15) is 24.6 Å². The number of pyridine rings is 1. The van der Waals surface area contributed by atoms with Gasteiger partial charge in [-0.2, -0.15) is 0 Å². The predicted octanol–water partition coefficient (Wildman–Crippen LogP) is 6.38. The van der Waals surface area contributed by atoms with Crippen molar-refractivity contribution in [1.82, 2.24) is 35.8 Å². The number of aromatic hydroxyl groups is 3. The summed E-state index contributed by atoms with van der Waals surface area (Å²) < 4.78 is 29.0. The largest absolute Gasteiger partial charge is 0.504 e. The van der Waals surface area contributed by atoms with Crippen LogP contribution in [0.5, 0.6) is 28.7 Å². The first-order valence-electron chi connectivity index (χ1n) is 27.8. The number of nitrogens with two attached hydrogens (primary N) is 1. The number of guanidine groups is 1. The monoisotopic (exact) mass is 1060 g/mol. The topological polar surface area (TPSA) is 255 Å². The van der Waals surface area contributed by atoms with Crippen molar-refractivity contribution in [2.45, 2.75) is 126 Å². The van der Waals surface area contributed by atoms with Gasteiger partial charge in [0, 0.05) is 86.5 Å². The van der Waals surface area contributed by atoms with Crippen LogP contribution in [-0.2, 0) is 33.5 Å². The van der Waals surface area contributed by atoms with Crippen molar-refractivity contribution in [1.29, 1.82) is 0 Å². The smallest absolute Gasteiger partial charge is 0.302 e. The zero-order valence-electron chi connectivity index (χ0n) is 44.2. The maximum absolute atomic E-state index is 12.9. The molecule has 7 aliphatic rings. The van der Waals surface area contributed by atoms with Crippen molar-refractivity contribution >= 4 is 22.8 Å². The lowest BCUT2D eigenvalue weighted by molar-refractivity contribution is -0.196. The lowest BCUT2D eigenvalue weighted by Crippen LogP contribution is -2.81. The fourth-order valence-electron chi connectivity index (χ4n) is 14.5. The second-order valence-corrected chi connectivity index (χ2v) is 22.4. The third kappa shape index (κ3) is 9.32. The summed E-state index contributed by atoms with van der Waals surface area (Å²) >= 11 is 0. The molecule has 5 aliphatic heterocycles. The van der Waals surface area contributed by atoms with Gasteiger partial charge in [-0.3, -0.25) is 20.1 Å². The van der Waals surface area contributed by atoms with E-state index in [9.17, 15) is 25.2 Å². The van der Waals surface area contributed by atoms with E-state index in [1.54, 1.807) is 24.5 Å². The summed E-state index contributed by atoms with van der Waals surface area (Å²) in [4.78, 5) is 25.9. The van der Waals surface area contributed by atoms with Crippen molar-refractivity contribution in [3.63, 3.8) is 0 Å². The van der Waals surface area contributed by atoms with Gasteiger partial charge in [-0.15, -0.1) is 0 Å². The molecule has 0 amide bonds. The number of rotatable bonds is 12. The van der Waals surface area contributed by atoms with Crippen molar-refractivity contribution in [2.75, 3.05) is 26.7 Å². The number of hydrogen-bond acceptors (Lipinski definition) is 14. The van der Waals surface area contributed by atoms with Crippen LogP contribution in [0.1, 0.15) is 99.4 Å². The molecule has 1 spiro atoms. The van der Waals surface area contributed by atoms with E-state index in [0.717, 1.165) is 41.3 Å². The minimum Gasteiger partial charge on any atom is -0.504 e. The van der Waals surface area contributed by atoms with Crippen molar-refractivity contribution < 1.29 is 44.2 Å². The minimum atomic E-state index is -1.02. The second kappa shape index (κ2) is 21.1. The van der Waals surface area contributed by atoms with E-state index < -0.39 is 59.7 Å². The number of aryl methyl sites for hydroxylation is 1. The number of aromatic amines is 1. The van der Waals surface area contributed by atoms with E-state index in [4.69, 9.17) is 29.7 Å². The van der Waals surface area contributed by atoms with Crippen molar-refractivity contribution in [3.05, 3.63) is 119 Å². The van der Waals surface area contributed by atoms with Crippen LogP contribution in [0, 0.1) is 40.9 Å². The Labute approximate surface area is 453 Å². The number of aromatic nitrogens is 3. The standard InChI is InChI=1S/C60H71N9O9/c1-34(70)76-50-31-49(39-29-47(72)54(73)52(30-39)75-25-18-36-7-4-21-63-32-36)78-55-41(50)12-10-38-11-13-43-48(77-51-27-37(26-42(38)55)9-14-46(51)71)8-3-19-60(43)59(57(74)62-2)20-15-45-40-17-24-64-44(40)33-69(45)56(59)67-58(68-60)66-22-5-6-35-16-23-65-53(61)28-35/h4,7,9,14,16-17,21,24,27-30,32-33,38,41-43,48-50,55-57,62,64-65,71-74H,3,5-6,8,10,12,15,18-20,22-23,25-26,31,61H2,1-2H3,(H2,66,67,68). The van der Waals surface area contributed by atoms with Crippen LogP contribution in [0.2, 0.25) is 0 Å². The number of aliphatic hydroxyl groups is 1. The number of aliphatic hydroxyl groups excluding tert-OH is 1. The maximum atomic E-state index is 12.9. The molecule has 18 nitrogen and oxygen atoms in total. The molecule has 2 aromatic carbocycles. The Morgan fingerprint density at radius 3 is 2.81 bits per heavy atom. The summed E-state index contributed by atoms with van der Waals surface area (Å²) in [7, 11) is 1.81. The fraction of sp³-hybridized carbons (Fsp3) is 0.483. The van der Waals surface area contributed by atoms with Gasteiger partial charge in [-0.05, 0) is 136 Å². The van der Waals surface area contributed by atoms with E-state index in [0.29, 0.717) is 94.0 Å². The molecule has 78 heavy (non-hydrogen) atoms. The summed E-state index contributed by atoms with van der Waals surface area (Å²) in [6, 6.07) is 14.7. The molecular weight excluding hydrogens is 991 g/mol. The summed E-state index contributed by atoms with van der Waals surface area (Å²) in [5.74, 6) is 7.37. The summed E-state index contributed by atoms with van der Waals surface area (Å²) in [5.41, 5.74) is 10.1. The van der Waals surface area contributed by atoms with Crippen LogP contribution in [0.4, 0.5) is 0 Å².